The molecule has 1 saturated heterocycles. The van der Waals surface area contributed by atoms with Crippen molar-refractivity contribution in [3.63, 3.8) is 0 Å². The first kappa shape index (κ1) is 32.5. The van der Waals surface area contributed by atoms with Gasteiger partial charge in [0.05, 0.1) is 9.82 Å². The molecule has 0 bridgehead atoms. The normalized spacial score (nSPS) is 13.7. The summed E-state index contributed by atoms with van der Waals surface area (Å²) in [7, 11) is -4.46. The number of nitrogens with one attached hydrogen (secondary N) is 2. The molecular weight excluding hydrogens is 610 g/mol. The number of nitro groups is 1. The van der Waals surface area contributed by atoms with Crippen molar-refractivity contribution in [2.24, 2.45) is 0 Å². The molecule has 0 saturated carbocycles. The Morgan fingerprint density at radius 1 is 1.02 bits per heavy atom. The molecule has 0 radical (unpaired) electrons. The summed E-state index contributed by atoms with van der Waals surface area (Å²) in [5.74, 6) is 0.0371. The van der Waals surface area contributed by atoms with Gasteiger partial charge in [0.2, 0.25) is 0 Å². The zero-order chi connectivity index (χ0) is 31.9. The third-order valence-corrected chi connectivity index (χ3v) is 8.61. The second-order valence-corrected chi connectivity index (χ2v) is 13.5. The fourth-order valence-corrected chi connectivity index (χ4v) is 5.91. The Kier molecular flexibility index (Phi) is 10.3. The van der Waals surface area contributed by atoms with Gasteiger partial charge in [0.25, 0.3) is 21.6 Å². The van der Waals surface area contributed by atoms with Crippen LogP contribution in [0.5, 0.6) is 0 Å². The van der Waals surface area contributed by atoms with Crippen molar-refractivity contribution in [2.75, 3.05) is 48.7 Å². The number of amides is 2. The van der Waals surface area contributed by atoms with Gasteiger partial charge in [-0.2, -0.15) is 0 Å². The van der Waals surface area contributed by atoms with Crippen LogP contribution in [0.4, 0.5) is 22.0 Å². The van der Waals surface area contributed by atoms with Crippen LogP contribution in [0, 0.1) is 10.1 Å². The van der Waals surface area contributed by atoms with Gasteiger partial charge in [0.15, 0.2) is 11.5 Å². The predicted octanol–water partition coefficient (Wildman–Crippen LogP) is 3.76. The summed E-state index contributed by atoms with van der Waals surface area (Å²) in [5.41, 5.74) is -1.14. The Hall–Kier alpha value is -4.44. The minimum Gasteiger partial charge on any atom is -0.444 e. The molecule has 2 amide bonds. The zero-order valence-electron chi connectivity index (χ0n) is 24.4. The molecule has 2 aromatic carbocycles. The number of nitrogens with zero attached hydrogens (tertiary/aromatic N) is 5. The van der Waals surface area contributed by atoms with E-state index < -0.39 is 43.1 Å². The average molecular weight is 644 g/mol. The van der Waals surface area contributed by atoms with Gasteiger partial charge in [-0.15, -0.1) is 22.0 Å². The standard InChI is InChI=1S/C28H33N7O7S2/c1-28(2,3)42-27(37)34-16-14-33(15-17-34)25-12-11-23(30-31-25)26(36)32-44(40,41)21-9-10-22(24(19-21)35(38)39)29-13-18-43-20-7-5-4-6-8-20/h4-12,19,29H,13-18H2,1-3H3,(H,32,36). The summed E-state index contributed by atoms with van der Waals surface area (Å²) in [6, 6.07) is 15.9. The van der Waals surface area contributed by atoms with Crippen LogP contribution in [-0.4, -0.2) is 84.5 Å². The van der Waals surface area contributed by atoms with E-state index in [2.05, 4.69) is 15.5 Å². The smallest absolute Gasteiger partial charge is 0.410 e. The Morgan fingerprint density at radius 2 is 1.73 bits per heavy atom. The van der Waals surface area contributed by atoms with Gasteiger partial charge in [0, 0.05) is 49.4 Å². The highest BCUT2D eigenvalue weighted by atomic mass is 32.2. The fraction of sp³-hybridized carbons (Fsp3) is 0.357. The van der Waals surface area contributed by atoms with Gasteiger partial charge in [-0.05, 0) is 57.2 Å². The van der Waals surface area contributed by atoms with Crippen molar-refractivity contribution in [3.8, 4) is 0 Å². The third kappa shape index (κ3) is 8.79. The molecule has 0 spiro atoms. The molecule has 0 unspecified atom stereocenters. The molecule has 234 valence electrons. The van der Waals surface area contributed by atoms with E-state index in [0.29, 0.717) is 44.3 Å². The Bertz CT molecular complexity index is 1590. The van der Waals surface area contributed by atoms with E-state index in [1.807, 2.05) is 40.0 Å². The number of carbonyl (C=O) groups excluding carboxylic acids is 2. The van der Waals surface area contributed by atoms with Gasteiger partial charge in [-0.3, -0.25) is 14.9 Å². The van der Waals surface area contributed by atoms with Crippen molar-refractivity contribution < 1.29 is 27.7 Å². The topological polar surface area (TPSA) is 177 Å². The molecule has 2 heterocycles. The molecule has 0 aliphatic carbocycles. The van der Waals surface area contributed by atoms with E-state index in [1.165, 1.54) is 24.3 Å². The second-order valence-electron chi connectivity index (χ2n) is 10.7. The number of hydrogen-bond donors (Lipinski definition) is 2. The molecule has 3 aromatic rings. The number of benzene rings is 2. The van der Waals surface area contributed by atoms with Crippen LogP contribution in [0.3, 0.4) is 0 Å². The molecule has 16 heteroatoms. The minimum atomic E-state index is -4.46. The number of sulfonamides is 1. The lowest BCUT2D eigenvalue weighted by atomic mass is 10.2. The van der Waals surface area contributed by atoms with E-state index >= 15 is 0 Å². The highest BCUT2D eigenvalue weighted by Crippen LogP contribution is 2.28. The molecular formula is C28H33N7O7S2. The summed E-state index contributed by atoms with van der Waals surface area (Å²) in [6.45, 7) is 7.53. The summed E-state index contributed by atoms with van der Waals surface area (Å²) in [4.78, 5) is 40.1. The van der Waals surface area contributed by atoms with E-state index in [1.54, 1.807) is 37.4 Å². The van der Waals surface area contributed by atoms with Crippen molar-refractivity contribution in [1.29, 1.82) is 0 Å². The SMILES string of the molecule is CC(C)(C)OC(=O)N1CCN(c2ccc(C(=O)NS(=O)(=O)c3ccc(NCCSc4ccccc4)c([N+](=O)[O-])c3)nn2)CC1. The number of nitro benzene ring substituents is 1. The number of ether oxygens (including phenoxy) is 1. The van der Waals surface area contributed by atoms with Crippen molar-refractivity contribution in [1.82, 2.24) is 19.8 Å². The maximum absolute atomic E-state index is 12.9. The number of anilines is 2. The highest BCUT2D eigenvalue weighted by Gasteiger charge is 2.27. The number of aromatic nitrogens is 2. The van der Waals surface area contributed by atoms with Gasteiger partial charge >= 0.3 is 6.09 Å². The van der Waals surface area contributed by atoms with E-state index in [-0.39, 0.29) is 11.4 Å². The molecule has 0 atom stereocenters. The lowest BCUT2D eigenvalue weighted by Gasteiger charge is -2.35. The second kappa shape index (κ2) is 13.9. The molecule has 14 nitrogen and oxygen atoms in total. The van der Waals surface area contributed by atoms with Gasteiger partial charge in [-0.1, -0.05) is 18.2 Å². The van der Waals surface area contributed by atoms with Gasteiger partial charge < -0.3 is 19.9 Å². The summed E-state index contributed by atoms with van der Waals surface area (Å²) in [6.07, 6.45) is -0.398. The van der Waals surface area contributed by atoms with Crippen LogP contribution in [0.2, 0.25) is 0 Å². The predicted molar refractivity (Wildman–Crippen MR) is 165 cm³/mol. The molecule has 4 rings (SSSR count). The quantitative estimate of drug-likeness (QED) is 0.142. The number of carbonyl (C=O) groups is 2. The maximum atomic E-state index is 12.9. The highest BCUT2D eigenvalue weighted by molar-refractivity contribution is 7.99. The molecule has 44 heavy (non-hydrogen) atoms. The van der Waals surface area contributed by atoms with Crippen LogP contribution in [0.1, 0.15) is 31.3 Å². The fourth-order valence-electron chi connectivity index (χ4n) is 4.14. The Balaban J connectivity index is 1.34. The largest absolute Gasteiger partial charge is 0.444 e. The van der Waals surface area contributed by atoms with Crippen LogP contribution in [-0.2, 0) is 14.8 Å². The summed E-state index contributed by atoms with van der Waals surface area (Å²) < 4.78 is 33.2. The lowest BCUT2D eigenvalue weighted by Crippen LogP contribution is -2.50. The molecule has 1 aliphatic rings. The van der Waals surface area contributed by atoms with Gasteiger partial charge in [0.1, 0.15) is 11.3 Å². The number of piperazine rings is 1. The van der Waals surface area contributed by atoms with Gasteiger partial charge in [-0.25, -0.2) is 17.9 Å². The van der Waals surface area contributed by atoms with E-state index in [9.17, 15) is 28.1 Å². The average Bonchev–Trinajstić information content (AvgIpc) is 2.99. The first-order chi connectivity index (χ1) is 20.8. The Labute approximate surface area is 259 Å². The third-order valence-electron chi connectivity index (χ3n) is 6.27. The lowest BCUT2D eigenvalue weighted by molar-refractivity contribution is -0.384. The first-order valence-electron chi connectivity index (χ1n) is 13.7. The minimum absolute atomic E-state index is 0.155. The number of hydrogen-bond acceptors (Lipinski definition) is 12. The Morgan fingerprint density at radius 3 is 2.34 bits per heavy atom. The number of rotatable bonds is 10. The van der Waals surface area contributed by atoms with E-state index in [4.69, 9.17) is 4.74 Å². The molecule has 1 aromatic heterocycles. The molecule has 1 aliphatic heterocycles. The number of thioether (sulfide) groups is 1. The first-order valence-corrected chi connectivity index (χ1v) is 16.1. The van der Waals surface area contributed by atoms with Crippen LogP contribution >= 0.6 is 11.8 Å². The monoisotopic (exact) mass is 643 g/mol. The maximum Gasteiger partial charge on any atom is 0.410 e. The van der Waals surface area contributed by atoms with Crippen LogP contribution in [0.25, 0.3) is 0 Å². The van der Waals surface area contributed by atoms with E-state index in [0.717, 1.165) is 11.0 Å². The zero-order valence-corrected chi connectivity index (χ0v) is 26.1. The van der Waals surface area contributed by atoms with Crippen molar-refractivity contribution in [3.05, 3.63) is 76.5 Å². The van der Waals surface area contributed by atoms with Crippen molar-refractivity contribution in [2.45, 2.75) is 36.2 Å². The van der Waals surface area contributed by atoms with Crippen LogP contribution in [0.15, 0.2) is 70.5 Å². The summed E-state index contributed by atoms with van der Waals surface area (Å²) in [5, 5.41) is 22.6. The molecule has 1 fully saturated rings. The van der Waals surface area contributed by atoms with Crippen LogP contribution < -0.4 is 14.9 Å². The summed E-state index contributed by atoms with van der Waals surface area (Å²) >= 11 is 1.57. The van der Waals surface area contributed by atoms with Crippen molar-refractivity contribution >= 4 is 51.0 Å². The molecule has 2 N–H and O–H groups in total.